The molecule has 1 amide bonds. The maximum absolute atomic E-state index is 12.3. The molecule has 6 heteroatoms. The molecule has 118 valence electrons. The van der Waals surface area contributed by atoms with Crippen LogP contribution in [0, 0.1) is 6.92 Å². The van der Waals surface area contributed by atoms with Gasteiger partial charge in [-0.25, -0.2) is 4.98 Å². The number of aryl methyl sites for hydroxylation is 1. The molecule has 0 bridgehead atoms. The molecule has 1 fully saturated rings. The Hall–Kier alpha value is -2.63. The summed E-state index contributed by atoms with van der Waals surface area (Å²) in [6, 6.07) is 7.25. The van der Waals surface area contributed by atoms with Gasteiger partial charge in [0.15, 0.2) is 17.2 Å². The third-order valence-corrected chi connectivity index (χ3v) is 4.37. The van der Waals surface area contributed by atoms with Crippen LogP contribution >= 0.6 is 0 Å². The molecule has 0 atom stereocenters. The summed E-state index contributed by atoms with van der Waals surface area (Å²) in [5.74, 6) is 0.988. The van der Waals surface area contributed by atoms with Gasteiger partial charge in [-0.2, -0.15) is 5.10 Å². The molecule has 0 unspecified atom stereocenters. The second kappa shape index (κ2) is 5.53. The van der Waals surface area contributed by atoms with Crippen LogP contribution < -0.4 is 5.32 Å². The minimum Gasteiger partial charge on any atom is -0.449 e. The van der Waals surface area contributed by atoms with Gasteiger partial charge in [-0.15, -0.1) is 0 Å². The second-order valence-corrected chi connectivity index (χ2v) is 6.09. The highest BCUT2D eigenvalue weighted by molar-refractivity contribution is 6.03. The van der Waals surface area contributed by atoms with Crippen LogP contribution in [0.3, 0.4) is 0 Å². The van der Waals surface area contributed by atoms with Crippen molar-refractivity contribution < 1.29 is 9.21 Å². The monoisotopic (exact) mass is 310 g/mol. The molecule has 1 saturated carbocycles. The van der Waals surface area contributed by atoms with Crippen LogP contribution in [0.2, 0.25) is 0 Å². The standard InChI is InChI=1S/C17H18N4O2/c1-10-6-7-14-13(18-10)8-15(23-14)17(22)19-16-9-12(20-21-16)11-4-2-3-5-11/h6-9,11H,2-5H2,1H3,(H2,19,20,21,22). The average molecular weight is 310 g/mol. The van der Waals surface area contributed by atoms with E-state index >= 15 is 0 Å². The molecule has 3 aromatic rings. The minimum absolute atomic E-state index is 0.239. The van der Waals surface area contributed by atoms with Gasteiger partial charge in [0, 0.05) is 29.4 Å². The predicted octanol–water partition coefficient (Wildman–Crippen LogP) is 3.77. The van der Waals surface area contributed by atoms with E-state index in [0.29, 0.717) is 22.8 Å². The Morgan fingerprint density at radius 3 is 2.96 bits per heavy atom. The third-order valence-electron chi connectivity index (χ3n) is 4.37. The molecule has 0 radical (unpaired) electrons. The lowest BCUT2D eigenvalue weighted by Crippen LogP contribution is -2.11. The molecular formula is C17H18N4O2. The van der Waals surface area contributed by atoms with Gasteiger partial charge >= 0.3 is 0 Å². The molecule has 0 aliphatic heterocycles. The molecule has 2 N–H and O–H groups in total. The van der Waals surface area contributed by atoms with E-state index in [0.717, 1.165) is 11.4 Å². The van der Waals surface area contributed by atoms with Crippen molar-refractivity contribution >= 4 is 22.8 Å². The number of nitrogens with zero attached hydrogens (tertiary/aromatic N) is 2. The maximum Gasteiger partial charge on any atom is 0.292 e. The quantitative estimate of drug-likeness (QED) is 0.771. The van der Waals surface area contributed by atoms with Gasteiger partial charge in [-0.3, -0.25) is 9.89 Å². The zero-order valence-corrected chi connectivity index (χ0v) is 12.9. The summed E-state index contributed by atoms with van der Waals surface area (Å²) in [5.41, 5.74) is 3.27. The van der Waals surface area contributed by atoms with E-state index in [1.165, 1.54) is 25.7 Å². The van der Waals surface area contributed by atoms with E-state index in [1.807, 2.05) is 25.1 Å². The number of rotatable bonds is 3. The molecule has 0 saturated heterocycles. The lowest BCUT2D eigenvalue weighted by atomic mass is 10.0. The summed E-state index contributed by atoms with van der Waals surface area (Å²) < 4.78 is 5.55. The van der Waals surface area contributed by atoms with Crippen LogP contribution in [-0.4, -0.2) is 21.1 Å². The smallest absolute Gasteiger partial charge is 0.292 e. The lowest BCUT2D eigenvalue weighted by Gasteiger charge is -2.03. The number of hydrogen-bond donors (Lipinski definition) is 2. The molecule has 6 nitrogen and oxygen atoms in total. The number of amides is 1. The highest BCUT2D eigenvalue weighted by Crippen LogP contribution is 2.33. The van der Waals surface area contributed by atoms with Crippen molar-refractivity contribution in [3.63, 3.8) is 0 Å². The number of anilines is 1. The van der Waals surface area contributed by atoms with Crippen LogP contribution in [0.1, 0.15) is 53.5 Å². The summed E-state index contributed by atoms with van der Waals surface area (Å²) in [5, 5.41) is 9.99. The first-order valence-electron chi connectivity index (χ1n) is 7.93. The molecule has 23 heavy (non-hydrogen) atoms. The zero-order chi connectivity index (χ0) is 15.8. The van der Waals surface area contributed by atoms with Crippen LogP contribution in [0.5, 0.6) is 0 Å². The Bertz CT molecular complexity index is 858. The second-order valence-electron chi connectivity index (χ2n) is 6.09. The first kappa shape index (κ1) is 14.0. The first-order valence-corrected chi connectivity index (χ1v) is 7.93. The van der Waals surface area contributed by atoms with E-state index in [9.17, 15) is 4.79 Å². The number of aromatic nitrogens is 3. The predicted molar refractivity (Wildman–Crippen MR) is 86.5 cm³/mol. The number of carbonyl (C=O) groups is 1. The number of pyridine rings is 1. The Morgan fingerprint density at radius 1 is 1.30 bits per heavy atom. The Kier molecular flexibility index (Phi) is 3.37. The number of hydrogen-bond acceptors (Lipinski definition) is 4. The minimum atomic E-state index is -0.315. The van der Waals surface area contributed by atoms with Gasteiger partial charge in [-0.05, 0) is 31.9 Å². The molecule has 3 aromatic heterocycles. The van der Waals surface area contributed by atoms with Crippen molar-refractivity contribution in [1.29, 1.82) is 0 Å². The van der Waals surface area contributed by atoms with E-state index in [2.05, 4.69) is 20.5 Å². The number of H-pyrrole nitrogens is 1. The molecule has 0 spiro atoms. The lowest BCUT2D eigenvalue weighted by molar-refractivity contribution is 0.0998. The van der Waals surface area contributed by atoms with E-state index in [-0.39, 0.29) is 11.7 Å². The molecule has 0 aromatic carbocycles. The highest BCUT2D eigenvalue weighted by atomic mass is 16.3. The number of nitrogens with one attached hydrogen (secondary N) is 2. The van der Waals surface area contributed by atoms with Crippen molar-refractivity contribution in [2.45, 2.75) is 38.5 Å². The largest absolute Gasteiger partial charge is 0.449 e. The van der Waals surface area contributed by atoms with Crippen LogP contribution in [0.15, 0.2) is 28.7 Å². The number of aromatic amines is 1. The Balaban J connectivity index is 1.52. The topological polar surface area (TPSA) is 83.8 Å². The molecular weight excluding hydrogens is 292 g/mol. The van der Waals surface area contributed by atoms with Crippen molar-refractivity contribution in [3.8, 4) is 0 Å². The Labute approximate surface area is 133 Å². The fourth-order valence-corrected chi connectivity index (χ4v) is 3.16. The van der Waals surface area contributed by atoms with Crippen molar-refractivity contribution in [2.75, 3.05) is 5.32 Å². The van der Waals surface area contributed by atoms with Gasteiger partial charge in [-0.1, -0.05) is 12.8 Å². The van der Waals surface area contributed by atoms with Crippen LogP contribution in [0.4, 0.5) is 5.82 Å². The Morgan fingerprint density at radius 2 is 2.13 bits per heavy atom. The first-order chi connectivity index (χ1) is 11.2. The summed E-state index contributed by atoms with van der Waals surface area (Å²) in [7, 11) is 0. The third kappa shape index (κ3) is 2.72. The van der Waals surface area contributed by atoms with Crippen molar-refractivity contribution in [3.05, 3.63) is 41.4 Å². The van der Waals surface area contributed by atoms with Gasteiger partial charge < -0.3 is 9.73 Å². The summed E-state index contributed by atoms with van der Waals surface area (Å²) >= 11 is 0. The van der Waals surface area contributed by atoms with Gasteiger partial charge in [0.05, 0.1) is 0 Å². The summed E-state index contributed by atoms with van der Waals surface area (Å²) in [6.07, 6.45) is 4.89. The van der Waals surface area contributed by atoms with Crippen LogP contribution in [-0.2, 0) is 0 Å². The normalized spacial score (nSPS) is 15.3. The fourth-order valence-electron chi connectivity index (χ4n) is 3.16. The maximum atomic E-state index is 12.3. The number of carbonyl (C=O) groups excluding carboxylic acids is 1. The number of fused-ring (bicyclic) bond motifs is 1. The van der Waals surface area contributed by atoms with Crippen molar-refractivity contribution in [2.24, 2.45) is 0 Å². The summed E-state index contributed by atoms with van der Waals surface area (Å²) in [6.45, 7) is 1.90. The summed E-state index contributed by atoms with van der Waals surface area (Å²) in [4.78, 5) is 16.7. The van der Waals surface area contributed by atoms with Gasteiger partial charge in [0.2, 0.25) is 0 Å². The van der Waals surface area contributed by atoms with E-state index < -0.39 is 0 Å². The molecule has 1 aliphatic carbocycles. The SMILES string of the molecule is Cc1ccc2oc(C(=O)Nc3cc(C4CCCC4)[nH]n3)cc2n1. The fraction of sp³-hybridized carbons (Fsp3) is 0.353. The molecule has 3 heterocycles. The number of furan rings is 1. The zero-order valence-electron chi connectivity index (χ0n) is 12.9. The van der Waals surface area contributed by atoms with Crippen molar-refractivity contribution in [1.82, 2.24) is 15.2 Å². The highest BCUT2D eigenvalue weighted by Gasteiger charge is 2.20. The van der Waals surface area contributed by atoms with Crippen LogP contribution in [0.25, 0.3) is 11.1 Å². The van der Waals surface area contributed by atoms with E-state index in [4.69, 9.17) is 4.42 Å². The van der Waals surface area contributed by atoms with Gasteiger partial charge in [0.1, 0.15) is 5.52 Å². The molecule has 1 aliphatic rings. The van der Waals surface area contributed by atoms with E-state index in [1.54, 1.807) is 6.07 Å². The molecule has 4 rings (SSSR count). The average Bonchev–Trinajstić information content (AvgIpc) is 3.26. The van der Waals surface area contributed by atoms with Gasteiger partial charge in [0.25, 0.3) is 5.91 Å².